The predicted molar refractivity (Wildman–Crippen MR) is 97.0 cm³/mol. The zero-order valence-electron chi connectivity index (χ0n) is 13.0. The maximum absolute atomic E-state index is 11.8. The molecule has 0 saturated carbocycles. The first-order chi connectivity index (χ1) is 12.1. The molecule has 2 heterocycles. The van der Waals surface area contributed by atoms with Crippen LogP contribution in [0.3, 0.4) is 0 Å². The molecule has 2 aromatic heterocycles. The Morgan fingerprint density at radius 2 is 1.88 bits per heavy atom. The number of benzene rings is 2. The van der Waals surface area contributed by atoms with Crippen molar-refractivity contribution in [2.24, 2.45) is 0 Å². The van der Waals surface area contributed by atoms with Crippen LogP contribution in [0.1, 0.15) is 5.56 Å². The lowest BCUT2D eigenvalue weighted by molar-refractivity contribution is 0.198. The Labute approximate surface area is 147 Å². The van der Waals surface area contributed by atoms with E-state index in [0.29, 0.717) is 27.7 Å². The summed E-state index contributed by atoms with van der Waals surface area (Å²) < 4.78 is 1.19. The second-order valence-electron chi connectivity index (χ2n) is 5.72. The van der Waals surface area contributed by atoms with Crippen molar-refractivity contribution in [2.75, 3.05) is 0 Å². The van der Waals surface area contributed by atoms with Gasteiger partial charge in [-0.25, -0.2) is 14.3 Å². The molecule has 0 fully saturated rings. The molecule has 4 rings (SSSR count). The van der Waals surface area contributed by atoms with E-state index in [1.807, 2.05) is 30.3 Å². The van der Waals surface area contributed by atoms with Gasteiger partial charge in [0.1, 0.15) is 5.15 Å². The van der Waals surface area contributed by atoms with E-state index in [1.54, 1.807) is 24.3 Å². The van der Waals surface area contributed by atoms with Crippen LogP contribution >= 0.6 is 11.6 Å². The summed E-state index contributed by atoms with van der Waals surface area (Å²) in [6.45, 7) is -0.109. The van der Waals surface area contributed by atoms with Crippen molar-refractivity contribution in [1.29, 1.82) is 0 Å². The molecule has 0 saturated heterocycles. The topological polar surface area (TPSA) is 75.3 Å². The van der Waals surface area contributed by atoms with Gasteiger partial charge < -0.3 is 10.2 Å². The smallest absolute Gasteiger partial charge is 0.416 e. The summed E-state index contributed by atoms with van der Waals surface area (Å²) >= 11 is 6.34. The van der Waals surface area contributed by atoms with E-state index in [1.165, 1.54) is 4.57 Å². The number of para-hydroxylation sites is 1. The Morgan fingerprint density at radius 3 is 2.64 bits per heavy atom. The van der Waals surface area contributed by atoms with Crippen LogP contribution in [0.4, 0.5) is 4.79 Å². The number of halogens is 1. The number of carbonyl (C=O) groups is 1. The molecule has 6 heteroatoms. The Morgan fingerprint density at radius 1 is 1.08 bits per heavy atom. The zero-order valence-corrected chi connectivity index (χ0v) is 13.7. The number of aromatic nitrogens is 2. The van der Waals surface area contributed by atoms with Gasteiger partial charge in [-0.1, -0.05) is 35.9 Å². The Bertz CT molecular complexity index is 1130. The van der Waals surface area contributed by atoms with Gasteiger partial charge in [0.25, 0.3) is 0 Å². The van der Waals surface area contributed by atoms with Gasteiger partial charge in [0.05, 0.1) is 23.3 Å². The van der Waals surface area contributed by atoms with Gasteiger partial charge in [-0.05, 0) is 35.9 Å². The minimum absolute atomic E-state index is 0.109. The number of pyridine rings is 1. The number of aliphatic hydroxyl groups is 1. The monoisotopic (exact) mass is 352 g/mol. The number of fused-ring (bicyclic) bond motifs is 2. The van der Waals surface area contributed by atoms with Gasteiger partial charge in [0.2, 0.25) is 0 Å². The van der Waals surface area contributed by atoms with Gasteiger partial charge >= 0.3 is 6.09 Å². The number of carboxylic acid groups (broad SMARTS) is 1. The summed E-state index contributed by atoms with van der Waals surface area (Å²) in [6, 6.07) is 16.3. The lowest BCUT2D eigenvalue weighted by Gasteiger charge is -2.08. The third kappa shape index (κ3) is 2.54. The van der Waals surface area contributed by atoms with Gasteiger partial charge in [-0.2, -0.15) is 0 Å². The minimum Gasteiger partial charge on any atom is -0.464 e. The summed E-state index contributed by atoms with van der Waals surface area (Å²) in [5, 5.41) is 20.8. The molecule has 5 nitrogen and oxygen atoms in total. The molecular formula is C19H13ClN2O3. The van der Waals surface area contributed by atoms with E-state index in [0.717, 1.165) is 10.9 Å². The maximum Gasteiger partial charge on any atom is 0.416 e. The molecule has 0 aliphatic rings. The van der Waals surface area contributed by atoms with Crippen LogP contribution in [-0.2, 0) is 6.61 Å². The second kappa shape index (κ2) is 5.88. The zero-order chi connectivity index (χ0) is 17.6. The van der Waals surface area contributed by atoms with Crippen molar-refractivity contribution in [1.82, 2.24) is 9.55 Å². The van der Waals surface area contributed by atoms with Crippen LogP contribution in [0.25, 0.3) is 33.1 Å². The van der Waals surface area contributed by atoms with Crippen molar-refractivity contribution in [2.45, 2.75) is 6.61 Å². The van der Waals surface area contributed by atoms with Crippen molar-refractivity contribution in [3.05, 3.63) is 65.3 Å². The minimum atomic E-state index is -1.11. The van der Waals surface area contributed by atoms with Crippen molar-refractivity contribution in [3.8, 4) is 11.3 Å². The lowest BCUT2D eigenvalue weighted by Crippen LogP contribution is -2.09. The number of hydrogen-bond acceptors (Lipinski definition) is 3. The second-order valence-corrected chi connectivity index (χ2v) is 6.08. The normalized spacial score (nSPS) is 11.3. The summed E-state index contributed by atoms with van der Waals surface area (Å²) in [7, 11) is 0. The molecule has 0 bridgehead atoms. The largest absolute Gasteiger partial charge is 0.464 e. The van der Waals surface area contributed by atoms with Crippen molar-refractivity contribution in [3.63, 3.8) is 0 Å². The van der Waals surface area contributed by atoms with Crippen molar-refractivity contribution < 1.29 is 15.0 Å². The Kier molecular flexibility index (Phi) is 3.67. The fourth-order valence-electron chi connectivity index (χ4n) is 3.04. The molecule has 25 heavy (non-hydrogen) atoms. The summed E-state index contributed by atoms with van der Waals surface area (Å²) in [4.78, 5) is 16.2. The molecule has 0 aliphatic carbocycles. The highest BCUT2D eigenvalue weighted by Crippen LogP contribution is 2.34. The standard InChI is InChI=1S/C19H13ClN2O3/c20-18-14(8-12-3-1-2-4-15(12)21-18)17-9-13-7-11(10-23)5-6-16(13)22(17)19(24)25/h1-9,23H,10H2,(H,24,25). The first kappa shape index (κ1) is 15.6. The maximum atomic E-state index is 11.8. The molecule has 0 aliphatic heterocycles. The molecule has 4 aromatic rings. The van der Waals surface area contributed by atoms with Crippen LogP contribution < -0.4 is 0 Å². The van der Waals surface area contributed by atoms with Crippen LogP contribution in [0.2, 0.25) is 5.15 Å². The van der Waals surface area contributed by atoms with Gasteiger partial charge in [0, 0.05) is 16.3 Å². The van der Waals surface area contributed by atoms with E-state index < -0.39 is 6.09 Å². The number of nitrogens with zero attached hydrogens (tertiary/aromatic N) is 2. The molecular weight excluding hydrogens is 340 g/mol. The summed E-state index contributed by atoms with van der Waals surface area (Å²) in [6.07, 6.45) is -1.11. The molecule has 124 valence electrons. The number of rotatable bonds is 2. The summed E-state index contributed by atoms with van der Waals surface area (Å²) in [5.41, 5.74) is 2.98. The number of aliphatic hydroxyl groups excluding tert-OH is 1. The van der Waals surface area contributed by atoms with Crippen LogP contribution in [0, 0.1) is 0 Å². The molecule has 0 spiro atoms. The van der Waals surface area contributed by atoms with Gasteiger partial charge in [-0.3, -0.25) is 0 Å². The number of hydrogen-bond donors (Lipinski definition) is 2. The van der Waals surface area contributed by atoms with Crippen LogP contribution in [0.15, 0.2) is 54.6 Å². The third-order valence-corrected chi connectivity index (χ3v) is 4.48. The predicted octanol–water partition coefficient (Wildman–Crippen LogP) is 4.53. The third-order valence-electron chi connectivity index (χ3n) is 4.19. The van der Waals surface area contributed by atoms with Gasteiger partial charge in [0.15, 0.2) is 0 Å². The molecule has 2 aromatic carbocycles. The van der Waals surface area contributed by atoms with Crippen LogP contribution in [-0.4, -0.2) is 25.9 Å². The molecule has 2 N–H and O–H groups in total. The Hall–Kier alpha value is -2.89. The van der Waals surface area contributed by atoms with E-state index in [4.69, 9.17) is 11.6 Å². The quantitative estimate of drug-likeness (QED) is 0.520. The van der Waals surface area contributed by atoms with E-state index in [9.17, 15) is 15.0 Å². The van der Waals surface area contributed by atoms with Crippen LogP contribution in [0.5, 0.6) is 0 Å². The molecule has 0 atom stereocenters. The fourth-order valence-corrected chi connectivity index (χ4v) is 3.28. The lowest BCUT2D eigenvalue weighted by atomic mass is 10.1. The summed E-state index contributed by atoms with van der Waals surface area (Å²) in [5.74, 6) is 0. The fraction of sp³-hybridized carbons (Fsp3) is 0.0526. The van der Waals surface area contributed by atoms with E-state index >= 15 is 0 Å². The average molecular weight is 353 g/mol. The first-order valence-electron chi connectivity index (χ1n) is 7.62. The van der Waals surface area contributed by atoms with Gasteiger partial charge in [-0.15, -0.1) is 0 Å². The van der Waals surface area contributed by atoms with E-state index in [-0.39, 0.29) is 11.8 Å². The molecule has 0 unspecified atom stereocenters. The SMILES string of the molecule is O=C(O)n1c(-c2cc3ccccc3nc2Cl)cc2cc(CO)ccc21. The highest BCUT2D eigenvalue weighted by Gasteiger charge is 2.19. The Balaban J connectivity index is 2.04. The average Bonchev–Trinajstić information content (AvgIpc) is 2.99. The highest BCUT2D eigenvalue weighted by molar-refractivity contribution is 6.32. The van der Waals surface area contributed by atoms with Crippen molar-refractivity contribution >= 4 is 39.5 Å². The highest BCUT2D eigenvalue weighted by atomic mass is 35.5. The van der Waals surface area contributed by atoms with E-state index in [2.05, 4.69) is 4.98 Å². The molecule has 0 radical (unpaired) electrons. The molecule has 0 amide bonds. The first-order valence-corrected chi connectivity index (χ1v) is 8.00.